The average molecular weight is 438 g/mol. The van der Waals surface area contributed by atoms with E-state index >= 15 is 0 Å². The smallest absolute Gasteiger partial charge is 0.137 e. The molecule has 5 nitrogen and oxygen atoms in total. The van der Waals surface area contributed by atoms with Gasteiger partial charge in [-0.2, -0.15) is 0 Å². The fraction of sp³-hybridized carbons (Fsp3) is 0.167. The molecule has 3 heterocycles. The van der Waals surface area contributed by atoms with E-state index < -0.39 is 17.5 Å². The van der Waals surface area contributed by atoms with Gasteiger partial charge in [0, 0.05) is 25.3 Å². The van der Waals surface area contributed by atoms with E-state index in [0.29, 0.717) is 35.4 Å². The Morgan fingerprint density at radius 1 is 1.03 bits per heavy atom. The van der Waals surface area contributed by atoms with Crippen molar-refractivity contribution in [2.24, 2.45) is 5.16 Å². The van der Waals surface area contributed by atoms with E-state index in [-0.39, 0.29) is 13.2 Å². The van der Waals surface area contributed by atoms with Gasteiger partial charge in [0.2, 0.25) is 0 Å². The van der Waals surface area contributed by atoms with Gasteiger partial charge in [0.15, 0.2) is 0 Å². The highest BCUT2D eigenvalue weighted by molar-refractivity contribution is 6.11. The highest BCUT2D eigenvalue weighted by Gasteiger charge is 2.29. The summed E-state index contributed by atoms with van der Waals surface area (Å²) in [7, 11) is 0. The van der Waals surface area contributed by atoms with Crippen LogP contribution in [0.15, 0.2) is 72.1 Å². The van der Waals surface area contributed by atoms with Crippen molar-refractivity contribution in [3.63, 3.8) is 0 Å². The summed E-state index contributed by atoms with van der Waals surface area (Å²) in [5.74, 6) is -1.29. The van der Waals surface area contributed by atoms with E-state index in [2.05, 4.69) is 10.1 Å². The molecule has 0 amide bonds. The Kier molecular flexibility index (Phi) is 5.05. The molecule has 164 valence electrons. The summed E-state index contributed by atoms with van der Waals surface area (Å²) >= 11 is 0. The number of anilines is 1. The van der Waals surface area contributed by atoms with Gasteiger partial charge in [-0.1, -0.05) is 5.16 Å². The zero-order valence-corrected chi connectivity index (χ0v) is 16.9. The number of aromatic nitrogens is 2. The van der Waals surface area contributed by atoms with Crippen LogP contribution in [-0.4, -0.2) is 26.8 Å². The molecule has 1 atom stereocenters. The Balaban J connectivity index is 0.00000259. The Morgan fingerprint density at radius 2 is 1.81 bits per heavy atom. The first-order chi connectivity index (χ1) is 15.5. The third-order valence-electron chi connectivity index (χ3n) is 5.85. The highest BCUT2D eigenvalue weighted by Crippen LogP contribution is 2.37. The number of oxime groups is 1. The molecule has 32 heavy (non-hydrogen) atoms. The molecule has 0 radical (unpaired) electrons. The molecule has 2 aromatic heterocycles. The van der Waals surface area contributed by atoms with Crippen LogP contribution in [0, 0.1) is 17.5 Å². The van der Waals surface area contributed by atoms with Crippen molar-refractivity contribution in [2.45, 2.75) is 18.9 Å². The van der Waals surface area contributed by atoms with Crippen molar-refractivity contribution in [2.75, 3.05) is 11.4 Å². The van der Waals surface area contributed by atoms with E-state index in [4.69, 9.17) is 0 Å². The second-order valence-electron chi connectivity index (χ2n) is 7.73. The van der Waals surface area contributed by atoms with Crippen LogP contribution in [0.3, 0.4) is 0 Å². The van der Waals surface area contributed by atoms with Crippen LogP contribution in [0.25, 0.3) is 5.65 Å². The summed E-state index contributed by atoms with van der Waals surface area (Å²) in [6, 6.07) is 12.6. The molecule has 1 saturated heterocycles. The Bertz CT molecular complexity index is 1320. The maximum Gasteiger partial charge on any atom is 0.137 e. The second-order valence-corrected chi connectivity index (χ2v) is 7.73. The van der Waals surface area contributed by atoms with Crippen molar-refractivity contribution < 1.29 is 19.8 Å². The lowest BCUT2D eigenvalue weighted by Crippen LogP contribution is -2.24. The van der Waals surface area contributed by atoms with Gasteiger partial charge in [-0.25, -0.2) is 18.2 Å². The zero-order chi connectivity index (χ0) is 22.2. The number of hydrogen-bond donors (Lipinski definition) is 1. The summed E-state index contributed by atoms with van der Waals surface area (Å²) in [4.78, 5) is 6.41. The number of halogens is 3. The van der Waals surface area contributed by atoms with E-state index in [1.54, 1.807) is 10.6 Å². The fourth-order valence-electron chi connectivity index (χ4n) is 4.35. The number of pyridine rings is 1. The SMILES string of the molecule is ON=C(c1ccc(F)cc1)c1cnc2ccc(N3CCCC3c3cc(F)ccc3F)cn12.[HH]. The van der Waals surface area contributed by atoms with Crippen molar-refractivity contribution in [3.05, 3.63) is 101 Å². The third kappa shape index (κ3) is 3.47. The van der Waals surface area contributed by atoms with Crippen LogP contribution >= 0.6 is 0 Å². The van der Waals surface area contributed by atoms with Gasteiger partial charge in [0.05, 0.1) is 23.6 Å². The molecule has 1 N–H and O–H groups in total. The molecule has 1 aliphatic rings. The van der Waals surface area contributed by atoms with E-state index in [9.17, 15) is 18.4 Å². The number of hydrogen-bond acceptors (Lipinski definition) is 4. The molecule has 1 unspecified atom stereocenters. The van der Waals surface area contributed by atoms with Crippen LogP contribution in [0.5, 0.6) is 0 Å². The summed E-state index contributed by atoms with van der Waals surface area (Å²) in [5.41, 5.74) is 3.05. The monoisotopic (exact) mass is 438 g/mol. The number of benzene rings is 2. The molecule has 0 aliphatic carbocycles. The molecule has 1 fully saturated rings. The highest BCUT2D eigenvalue weighted by atomic mass is 19.1. The minimum absolute atomic E-state index is 0. The average Bonchev–Trinajstić information content (AvgIpc) is 3.44. The molecular weight excluding hydrogens is 417 g/mol. The van der Waals surface area contributed by atoms with Gasteiger partial charge in [0.1, 0.15) is 28.8 Å². The van der Waals surface area contributed by atoms with E-state index in [1.807, 2.05) is 23.2 Å². The van der Waals surface area contributed by atoms with Crippen LogP contribution in [-0.2, 0) is 0 Å². The quantitative estimate of drug-likeness (QED) is 0.258. The zero-order valence-electron chi connectivity index (χ0n) is 16.9. The summed E-state index contributed by atoms with van der Waals surface area (Å²) < 4.78 is 43.4. The second kappa shape index (κ2) is 8.03. The lowest BCUT2D eigenvalue weighted by atomic mass is 10.0. The van der Waals surface area contributed by atoms with Crippen molar-refractivity contribution >= 4 is 17.0 Å². The molecule has 2 aromatic carbocycles. The number of imidazole rings is 1. The Labute approximate surface area is 183 Å². The molecular formula is C24H21F3N4O. The van der Waals surface area contributed by atoms with Crippen LogP contribution in [0.4, 0.5) is 18.9 Å². The standard InChI is InChI=1S/C24H19F3N4O.H2/c25-16-5-3-15(4-6-16)24(29-32)22-13-28-23-10-8-18(14-31(22)23)30-11-1-2-21(30)19-12-17(26)7-9-20(19)27;/h3-10,12-14,21,32H,1-2,11H2;1H. The van der Waals surface area contributed by atoms with Gasteiger partial charge >= 0.3 is 0 Å². The van der Waals surface area contributed by atoms with E-state index in [0.717, 1.165) is 24.2 Å². The van der Waals surface area contributed by atoms with Crippen molar-refractivity contribution in [3.8, 4) is 0 Å². The molecule has 1 aliphatic heterocycles. The normalized spacial score (nSPS) is 16.8. The van der Waals surface area contributed by atoms with Gasteiger partial charge in [0.25, 0.3) is 0 Å². The fourth-order valence-corrected chi connectivity index (χ4v) is 4.35. The van der Waals surface area contributed by atoms with E-state index in [1.165, 1.54) is 30.3 Å². The Hall–Kier alpha value is -3.81. The maximum absolute atomic E-state index is 14.5. The third-order valence-corrected chi connectivity index (χ3v) is 5.85. The predicted octanol–water partition coefficient (Wildman–Crippen LogP) is 5.57. The van der Waals surface area contributed by atoms with Crippen LogP contribution in [0.1, 0.15) is 37.1 Å². The van der Waals surface area contributed by atoms with Gasteiger partial charge in [-0.05, 0) is 67.4 Å². The number of fused-ring (bicyclic) bond motifs is 1. The van der Waals surface area contributed by atoms with Crippen molar-refractivity contribution in [1.82, 2.24) is 9.38 Å². The first-order valence-electron chi connectivity index (χ1n) is 10.2. The van der Waals surface area contributed by atoms with Crippen LogP contribution in [0.2, 0.25) is 0 Å². The van der Waals surface area contributed by atoms with Crippen LogP contribution < -0.4 is 4.90 Å². The van der Waals surface area contributed by atoms with Gasteiger partial charge in [-0.3, -0.25) is 4.40 Å². The Morgan fingerprint density at radius 3 is 2.59 bits per heavy atom. The minimum atomic E-state index is -0.469. The van der Waals surface area contributed by atoms with Gasteiger partial charge in [-0.15, -0.1) is 0 Å². The molecule has 4 aromatic rings. The number of rotatable bonds is 4. The van der Waals surface area contributed by atoms with Crippen molar-refractivity contribution in [1.29, 1.82) is 0 Å². The predicted molar refractivity (Wildman–Crippen MR) is 117 cm³/mol. The summed E-state index contributed by atoms with van der Waals surface area (Å²) in [6.07, 6.45) is 4.95. The number of nitrogens with zero attached hydrogens (tertiary/aromatic N) is 4. The molecule has 5 rings (SSSR count). The lowest BCUT2D eigenvalue weighted by Gasteiger charge is -2.27. The summed E-state index contributed by atoms with van der Waals surface area (Å²) in [5, 5.41) is 13.1. The first kappa shape index (κ1) is 20.1. The van der Waals surface area contributed by atoms with Gasteiger partial charge < -0.3 is 10.1 Å². The molecule has 0 bridgehead atoms. The topological polar surface area (TPSA) is 53.1 Å². The largest absolute Gasteiger partial charge is 0.410 e. The molecule has 0 saturated carbocycles. The molecule has 8 heteroatoms. The molecule has 0 spiro atoms. The minimum Gasteiger partial charge on any atom is -0.410 e. The first-order valence-corrected chi connectivity index (χ1v) is 10.2. The maximum atomic E-state index is 14.5. The summed E-state index contributed by atoms with van der Waals surface area (Å²) in [6.45, 7) is 0.690. The lowest BCUT2D eigenvalue weighted by molar-refractivity contribution is 0.319.